The molecule has 2 aromatic carbocycles. The number of hydrogen-bond donors (Lipinski definition) is 1. The Labute approximate surface area is 157 Å². The normalized spacial score (nSPS) is 12.3. The second-order valence-electron chi connectivity index (χ2n) is 5.67. The summed E-state index contributed by atoms with van der Waals surface area (Å²) in [4.78, 5) is 23.3. The lowest BCUT2D eigenvalue weighted by atomic mass is 9.95. The van der Waals surface area contributed by atoms with Gasteiger partial charge in [-0.3, -0.25) is 4.79 Å². The number of aliphatic carboxylic acids is 1. The van der Waals surface area contributed by atoms with E-state index in [0.717, 1.165) is 12.1 Å². The third-order valence-electron chi connectivity index (χ3n) is 3.53. The minimum Gasteiger partial charge on any atom is -0.550 e. The second-order valence-corrected chi connectivity index (χ2v) is 6.10. The van der Waals surface area contributed by atoms with Gasteiger partial charge in [0.25, 0.3) is 0 Å². The Morgan fingerprint density at radius 2 is 1.67 bits per heavy atom. The molecule has 0 radical (unpaired) electrons. The number of carbonyl (C=O) groups excluding carboxylic acids is 2. The predicted octanol–water partition coefficient (Wildman–Crippen LogP) is 3.18. The minimum absolute atomic E-state index is 0.131. The molecule has 0 unspecified atom stereocenters. The predicted molar refractivity (Wildman–Crippen MR) is 90.0 cm³/mol. The third kappa shape index (κ3) is 7.18. The number of carboxylic acids is 1. The summed E-state index contributed by atoms with van der Waals surface area (Å²) in [7, 11) is 0. The van der Waals surface area contributed by atoms with Crippen LogP contribution in [0.5, 0.6) is 5.75 Å². The van der Waals surface area contributed by atoms with E-state index in [-0.39, 0.29) is 12.1 Å². The zero-order chi connectivity index (χ0) is 20.0. The van der Waals surface area contributed by atoms with E-state index in [1.807, 2.05) is 0 Å². The molecule has 0 saturated heterocycles. The molecule has 2 rings (SSSR count). The Morgan fingerprint density at radius 1 is 1.07 bits per heavy atom. The molecule has 27 heavy (non-hydrogen) atoms. The maximum absolute atomic E-state index is 12.4. The molecule has 1 N–H and O–H groups in total. The van der Waals surface area contributed by atoms with Crippen molar-refractivity contribution in [3.05, 3.63) is 59.1 Å². The van der Waals surface area contributed by atoms with Gasteiger partial charge in [0.1, 0.15) is 5.75 Å². The van der Waals surface area contributed by atoms with Crippen LogP contribution in [0.3, 0.4) is 0 Å². The standard InChI is InChI=1S/C18H15ClF3NO4/c19-13-3-1-11(2-4-13)9-12(10-16(24)25)17(26)23-14-5-7-15(8-6-14)27-18(20,21)22/h1-8,12H,9-10H2,(H,23,26)(H,24,25)/p-1/t12-/m0/s1. The van der Waals surface area contributed by atoms with Gasteiger partial charge in [-0.15, -0.1) is 13.2 Å². The van der Waals surface area contributed by atoms with Crippen molar-refractivity contribution < 1.29 is 32.6 Å². The van der Waals surface area contributed by atoms with Gasteiger partial charge in [0.05, 0.1) is 0 Å². The number of hydrogen-bond acceptors (Lipinski definition) is 4. The summed E-state index contributed by atoms with van der Waals surface area (Å²) < 4.78 is 40.2. The molecule has 0 heterocycles. The number of anilines is 1. The number of carbonyl (C=O) groups is 2. The van der Waals surface area contributed by atoms with E-state index < -0.39 is 36.3 Å². The maximum atomic E-state index is 12.4. The van der Waals surface area contributed by atoms with Crippen LogP contribution < -0.4 is 15.2 Å². The lowest BCUT2D eigenvalue weighted by Gasteiger charge is -2.18. The van der Waals surface area contributed by atoms with Gasteiger partial charge in [0.2, 0.25) is 5.91 Å². The minimum atomic E-state index is -4.82. The monoisotopic (exact) mass is 400 g/mol. The molecule has 0 aromatic heterocycles. The van der Waals surface area contributed by atoms with Gasteiger partial charge in [-0.1, -0.05) is 23.7 Å². The molecule has 2 aromatic rings. The number of amides is 1. The number of rotatable bonds is 7. The summed E-state index contributed by atoms with van der Waals surface area (Å²) >= 11 is 5.79. The van der Waals surface area contributed by atoms with Crippen LogP contribution in [0.15, 0.2) is 48.5 Å². The van der Waals surface area contributed by atoms with E-state index in [1.54, 1.807) is 24.3 Å². The Kier molecular flexibility index (Phi) is 6.68. The average Bonchev–Trinajstić information content (AvgIpc) is 2.56. The first-order valence-electron chi connectivity index (χ1n) is 7.73. The van der Waals surface area contributed by atoms with E-state index in [1.165, 1.54) is 12.1 Å². The van der Waals surface area contributed by atoms with Gasteiger partial charge < -0.3 is 20.0 Å². The number of nitrogens with one attached hydrogen (secondary N) is 1. The van der Waals surface area contributed by atoms with Crippen molar-refractivity contribution in [2.24, 2.45) is 5.92 Å². The number of alkyl halides is 3. The van der Waals surface area contributed by atoms with Crippen LogP contribution in [-0.4, -0.2) is 18.2 Å². The molecule has 0 aliphatic rings. The summed E-state index contributed by atoms with van der Waals surface area (Å²) in [6.45, 7) is 0. The molecule has 1 atom stereocenters. The van der Waals surface area contributed by atoms with Crippen LogP contribution in [0.25, 0.3) is 0 Å². The first-order chi connectivity index (χ1) is 12.6. The lowest BCUT2D eigenvalue weighted by Crippen LogP contribution is -2.32. The highest BCUT2D eigenvalue weighted by Crippen LogP contribution is 2.24. The molecule has 5 nitrogen and oxygen atoms in total. The molecular weight excluding hydrogens is 387 g/mol. The van der Waals surface area contributed by atoms with Gasteiger partial charge in [0, 0.05) is 22.6 Å². The second kappa shape index (κ2) is 8.77. The number of halogens is 4. The van der Waals surface area contributed by atoms with Crippen molar-refractivity contribution in [2.45, 2.75) is 19.2 Å². The quantitative estimate of drug-likeness (QED) is 0.774. The fourth-order valence-electron chi connectivity index (χ4n) is 2.35. The third-order valence-corrected chi connectivity index (χ3v) is 3.79. The van der Waals surface area contributed by atoms with Crippen LogP contribution in [-0.2, 0) is 16.0 Å². The average molecular weight is 401 g/mol. The van der Waals surface area contributed by atoms with Crippen molar-refractivity contribution >= 4 is 29.2 Å². The SMILES string of the molecule is O=C([O-])C[C@H](Cc1ccc(Cl)cc1)C(=O)Nc1ccc(OC(F)(F)F)cc1. The van der Waals surface area contributed by atoms with Crippen LogP contribution in [0.2, 0.25) is 5.02 Å². The summed E-state index contributed by atoms with van der Waals surface area (Å²) in [6.07, 6.45) is -5.20. The number of carboxylic acid groups (broad SMARTS) is 1. The highest BCUT2D eigenvalue weighted by atomic mass is 35.5. The van der Waals surface area contributed by atoms with Crippen LogP contribution in [0.1, 0.15) is 12.0 Å². The fourth-order valence-corrected chi connectivity index (χ4v) is 2.47. The molecule has 9 heteroatoms. The summed E-state index contributed by atoms with van der Waals surface area (Å²) in [5.41, 5.74) is 0.906. The Morgan fingerprint density at radius 3 is 2.19 bits per heavy atom. The van der Waals surface area contributed by atoms with Crippen molar-refractivity contribution in [1.82, 2.24) is 0 Å². The van der Waals surface area contributed by atoms with Gasteiger partial charge in [-0.2, -0.15) is 0 Å². The van der Waals surface area contributed by atoms with E-state index in [0.29, 0.717) is 10.6 Å². The zero-order valence-electron chi connectivity index (χ0n) is 13.8. The number of benzene rings is 2. The topological polar surface area (TPSA) is 78.5 Å². The Hall–Kier alpha value is -2.74. The highest BCUT2D eigenvalue weighted by Gasteiger charge is 2.31. The summed E-state index contributed by atoms with van der Waals surface area (Å²) in [5.74, 6) is -3.35. The summed E-state index contributed by atoms with van der Waals surface area (Å²) in [6, 6.07) is 11.1. The molecule has 0 bridgehead atoms. The molecule has 0 spiro atoms. The molecular formula is C18H14ClF3NO4-. The lowest BCUT2D eigenvalue weighted by molar-refractivity contribution is -0.306. The smallest absolute Gasteiger partial charge is 0.550 e. The largest absolute Gasteiger partial charge is 0.573 e. The van der Waals surface area contributed by atoms with Gasteiger partial charge in [-0.25, -0.2) is 0 Å². The van der Waals surface area contributed by atoms with Crippen molar-refractivity contribution in [3.8, 4) is 5.75 Å². The first-order valence-corrected chi connectivity index (χ1v) is 8.11. The molecule has 1 amide bonds. The summed E-state index contributed by atoms with van der Waals surface area (Å²) in [5, 5.41) is 13.9. The zero-order valence-corrected chi connectivity index (χ0v) is 14.5. The van der Waals surface area contributed by atoms with Crippen molar-refractivity contribution in [2.75, 3.05) is 5.32 Å². The Bertz CT molecular complexity index is 792. The Balaban J connectivity index is 2.06. The van der Waals surface area contributed by atoms with E-state index >= 15 is 0 Å². The number of ether oxygens (including phenoxy) is 1. The van der Waals surface area contributed by atoms with E-state index in [4.69, 9.17) is 11.6 Å². The van der Waals surface area contributed by atoms with E-state index in [9.17, 15) is 27.9 Å². The molecule has 0 aliphatic carbocycles. The van der Waals surface area contributed by atoms with E-state index in [2.05, 4.69) is 10.1 Å². The molecule has 0 fully saturated rings. The van der Waals surface area contributed by atoms with Gasteiger partial charge >= 0.3 is 6.36 Å². The molecule has 0 aliphatic heterocycles. The van der Waals surface area contributed by atoms with Crippen LogP contribution >= 0.6 is 11.6 Å². The van der Waals surface area contributed by atoms with Crippen LogP contribution in [0.4, 0.5) is 18.9 Å². The fraction of sp³-hybridized carbons (Fsp3) is 0.222. The van der Waals surface area contributed by atoms with Crippen molar-refractivity contribution in [3.63, 3.8) is 0 Å². The van der Waals surface area contributed by atoms with Crippen molar-refractivity contribution in [1.29, 1.82) is 0 Å². The highest BCUT2D eigenvalue weighted by molar-refractivity contribution is 6.30. The maximum Gasteiger partial charge on any atom is 0.573 e. The van der Waals surface area contributed by atoms with Gasteiger partial charge in [0.15, 0.2) is 0 Å². The van der Waals surface area contributed by atoms with Gasteiger partial charge in [-0.05, 0) is 54.8 Å². The molecule has 0 saturated carbocycles. The van der Waals surface area contributed by atoms with Crippen LogP contribution in [0, 0.1) is 5.92 Å². The molecule has 144 valence electrons. The first kappa shape index (κ1) is 20.6.